The van der Waals surface area contributed by atoms with Crippen molar-refractivity contribution >= 4 is 15.7 Å². The van der Waals surface area contributed by atoms with Crippen molar-refractivity contribution in [1.82, 2.24) is 5.32 Å². The molecule has 6 heteroatoms. The third-order valence-electron chi connectivity index (χ3n) is 3.99. The van der Waals surface area contributed by atoms with Crippen LogP contribution in [0.2, 0.25) is 0 Å². The molecule has 0 amide bonds. The topological polar surface area (TPSA) is 67.4 Å². The number of ether oxygens (including phenoxy) is 1. The molecule has 0 radical (unpaired) electrons. The van der Waals surface area contributed by atoms with Gasteiger partial charge >= 0.3 is 0 Å². The zero-order valence-electron chi connectivity index (χ0n) is 12.0. The molecule has 21 heavy (non-hydrogen) atoms. The minimum Gasteiger partial charge on any atom is -0.381 e. The fourth-order valence-corrected chi connectivity index (χ4v) is 3.92. The van der Waals surface area contributed by atoms with Crippen LogP contribution in [0.4, 0.5) is 5.69 Å². The van der Waals surface area contributed by atoms with Crippen LogP contribution in [-0.2, 0) is 21.3 Å². The van der Waals surface area contributed by atoms with E-state index >= 15 is 0 Å². The van der Waals surface area contributed by atoms with Gasteiger partial charge in [0.2, 0.25) is 10.0 Å². The molecule has 0 aromatic heterocycles. The molecule has 116 valence electrons. The highest BCUT2D eigenvalue weighted by Crippen LogP contribution is 2.21. The summed E-state index contributed by atoms with van der Waals surface area (Å²) in [5, 5.41) is 3.09. The van der Waals surface area contributed by atoms with Gasteiger partial charge in [-0.05, 0) is 43.4 Å². The second-order valence-electron chi connectivity index (χ2n) is 5.81. The summed E-state index contributed by atoms with van der Waals surface area (Å²) >= 11 is 0. The van der Waals surface area contributed by atoms with E-state index in [1.807, 2.05) is 24.3 Å². The summed E-state index contributed by atoms with van der Waals surface area (Å²) in [6.45, 7) is 1.90. The van der Waals surface area contributed by atoms with Crippen LogP contribution in [0.3, 0.4) is 0 Å². The molecule has 2 fully saturated rings. The van der Waals surface area contributed by atoms with E-state index in [0.717, 1.165) is 6.54 Å². The number of hydrogen-bond donors (Lipinski definition) is 2. The van der Waals surface area contributed by atoms with Gasteiger partial charge in [-0.15, -0.1) is 0 Å². The van der Waals surface area contributed by atoms with E-state index in [1.165, 1.54) is 18.4 Å². The highest BCUT2D eigenvalue weighted by atomic mass is 32.2. The van der Waals surface area contributed by atoms with Gasteiger partial charge in [0.15, 0.2) is 0 Å². The highest BCUT2D eigenvalue weighted by molar-refractivity contribution is 7.93. The molecular formula is C15H22N2O3S. The third kappa shape index (κ3) is 4.18. The van der Waals surface area contributed by atoms with Crippen molar-refractivity contribution < 1.29 is 13.2 Å². The number of nitrogens with one attached hydrogen (secondary N) is 2. The average molecular weight is 310 g/mol. The monoisotopic (exact) mass is 310 g/mol. The van der Waals surface area contributed by atoms with E-state index in [9.17, 15) is 8.42 Å². The van der Waals surface area contributed by atoms with Gasteiger partial charge in [0.05, 0.1) is 5.25 Å². The zero-order chi connectivity index (χ0) is 14.7. The van der Waals surface area contributed by atoms with E-state index in [0.29, 0.717) is 37.8 Å². The van der Waals surface area contributed by atoms with E-state index in [1.54, 1.807) is 0 Å². The summed E-state index contributed by atoms with van der Waals surface area (Å²) < 4.78 is 32.5. The molecule has 1 aromatic rings. The van der Waals surface area contributed by atoms with Crippen LogP contribution in [0.15, 0.2) is 24.3 Å². The minimum atomic E-state index is -3.31. The lowest BCUT2D eigenvalue weighted by molar-refractivity contribution is 0.0984. The Morgan fingerprint density at radius 2 is 1.71 bits per heavy atom. The lowest BCUT2D eigenvalue weighted by atomic mass is 10.2. The minimum absolute atomic E-state index is 0.345. The van der Waals surface area contributed by atoms with E-state index in [2.05, 4.69) is 10.0 Å². The lowest BCUT2D eigenvalue weighted by Crippen LogP contribution is -2.33. The predicted molar refractivity (Wildman–Crippen MR) is 82.7 cm³/mol. The van der Waals surface area contributed by atoms with E-state index < -0.39 is 10.0 Å². The maximum atomic E-state index is 12.3. The van der Waals surface area contributed by atoms with Crippen LogP contribution < -0.4 is 10.0 Å². The summed E-state index contributed by atoms with van der Waals surface area (Å²) in [5.41, 5.74) is 1.81. The number of rotatable bonds is 6. The molecule has 1 saturated heterocycles. The number of anilines is 1. The maximum absolute atomic E-state index is 12.3. The van der Waals surface area contributed by atoms with Gasteiger partial charge in [-0.25, -0.2) is 8.42 Å². The first kappa shape index (κ1) is 14.8. The van der Waals surface area contributed by atoms with Crippen LogP contribution >= 0.6 is 0 Å². The third-order valence-corrected chi connectivity index (χ3v) is 5.86. The molecule has 1 saturated carbocycles. The van der Waals surface area contributed by atoms with Gasteiger partial charge < -0.3 is 10.1 Å². The first-order valence-electron chi connectivity index (χ1n) is 7.55. The molecule has 1 aromatic carbocycles. The van der Waals surface area contributed by atoms with Gasteiger partial charge in [0.1, 0.15) is 0 Å². The van der Waals surface area contributed by atoms with Crippen LogP contribution in [0, 0.1) is 0 Å². The average Bonchev–Trinajstić information content (AvgIpc) is 3.31. The molecule has 2 N–H and O–H groups in total. The molecule has 3 rings (SSSR count). The van der Waals surface area contributed by atoms with Crippen molar-refractivity contribution in [2.45, 2.75) is 43.5 Å². The fourth-order valence-electron chi connectivity index (χ4n) is 2.47. The van der Waals surface area contributed by atoms with Crippen LogP contribution in [0.5, 0.6) is 0 Å². The van der Waals surface area contributed by atoms with Crippen molar-refractivity contribution in [1.29, 1.82) is 0 Å². The predicted octanol–water partition coefficient (Wildman–Crippen LogP) is 1.86. The van der Waals surface area contributed by atoms with Crippen molar-refractivity contribution in [2.75, 3.05) is 17.9 Å². The molecule has 1 heterocycles. The molecule has 1 aliphatic carbocycles. The number of benzene rings is 1. The first-order chi connectivity index (χ1) is 10.1. The Hall–Kier alpha value is -1.11. The van der Waals surface area contributed by atoms with Gasteiger partial charge in [0, 0.05) is 31.5 Å². The normalized spacial score (nSPS) is 20.4. The van der Waals surface area contributed by atoms with Gasteiger partial charge in [-0.3, -0.25) is 4.72 Å². The molecule has 0 atom stereocenters. The standard InChI is InChI=1S/C15H22N2O3S/c18-21(19,15-7-9-20-10-8-15)17-14-3-1-12(2-4-14)11-16-13-5-6-13/h1-4,13,15-17H,5-11H2. The Morgan fingerprint density at radius 1 is 1.05 bits per heavy atom. The van der Waals surface area contributed by atoms with Crippen molar-refractivity contribution in [3.8, 4) is 0 Å². The van der Waals surface area contributed by atoms with Crippen LogP contribution in [-0.4, -0.2) is 32.9 Å². The summed E-state index contributed by atoms with van der Waals surface area (Å²) in [6, 6.07) is 8.28. The second-order valence-corrected chi connectivity index (χ2v) is 7.77. The van der Waals surface area contributed by atoms with Crippen molar-refractivity contribution in [3.05, 3.63) is 29.8 Å². The molecular weight excluding hydrogens is 288 g/mol. The Labute approximate surface area is 126 Å². The highest BCUT2D eigenvalue weighted by Gasteiger charge is 2.27. The fraction of sp³-hybridized carbons (Fsp3) is 0.600. The Bertz CT molecular complexity index is 561. The zero-order valence-corrected chi connectivity index (χ0v) is 12.9. The molecule has 2 aliphatic rings. The van der Waals surface area contributed by atoms with Gasteiger partial charge in [-0.2, -0.15) is 0 Å². The molecule has 0 unspecified atom stereocenters. The summed E-state index contributed by atoms with van der Waals surface area (Å²) in [6.07, 6.45) is 3.67. The van der Waals surface area contributed by atoms with E-state index in [4.69, 9.17) is 4.74 Å². The molecule has 0 spiro atoms. The number of sulfonamides is 1. The lowest BCUT2D eigenvalue weighted by Gasteiger charge is -2.22. The molecule has 1 aliphatic heterocycles. The quantitative estimate of drug-likeness (QED) is 0.841. The maximum Gasteiger partial charge on any atom is 0.235 e. The first-order valence-corrected chi connectivity index (χ1v) is 9.10. The van der Waals surface area contributed by atoms with Crippen molar-refractivity contribution in [2.24, 2.45) is 0 Å². The largest absolute Gasteiger partial charge is 0.381 e. The summed E-state index contributed by atoms with van der Waals surface area (Å²) in [4.78, 5) is 0. The summed E-state index contributed by atoms with van der Waals surface area (Å²) in [5.74, 6) is 0. The Kier molecular flexibility index (Phi) is 4.47. The molecule has 0 bridgehead atoms. The SMILES string of the molecule is O=S(=O)(Nc1ccc(CNC2CC2)cc1)C1CCOCC1. The van der Waals surface area contributed by atoms with Crippen molar-refractivity contribution in [3.63, 3.8) is 0 Å². The molecule has 5 nitrogen and oxygen atoms in total. The number of hydrogen-bond acceptors (Lipinski definition) is 4. The van der Waals surface area contributed by atoms with E-state index in [-0.39, 0.29) is 5.25 Å². The second kappa shape index (κ2) is 6.34. The summed E-state index contributed by atoms with van der Waals surface area (Å²) in [7, 11) is -3.31. The van der Waals surface area contributed by atoms with Crippen LogP contribution in [0.25, 0.3) is 0 Å². The Balaban J connectivity index is 1.58. The van der Waals surface area contributed by atoms with Gasteiger partial charge in [0.25, 0.3) is 0 Å². The Morgan fingerprint density at radius 3 is 2.33 bits per heavy atom. The smallest absolute Gasteiger partial charge is 0.235 e. The van der Waals surface area contributed by atoms with Gasteiger partial charge in [-0.1, -0.05) is 12.1 Å². The van der Waals surface area contributed by atoms with Crippen LogP contribution in [0.1, 0.15) is 31.2 Å².